The molecule has 3 unspecified atom stereocenters. The highest BCUT2D eigenvalue weighted by molar-refractivity contribution is 5.84. The van der Waals surface area contributed by atoms with Crippen LogP contribution in [-0.2, 0) is 13.0 Å². The van der Waals surface area contributed by atoms with Crippen LogP contribution in [0.25, 0.3) is 10.8 Å². The zero-order valence-corrected chi connectivity index (χ0v) is 20.6. The molecule has 6 rings (SSSR count). The molecule has 2 aromatic carbocycles. The number of piperidine rings is 1. The monoisotopic (exact) mass is 484 g/mol. The molecular formula is C29H34N5O2+. The predicted octanol–water partition coefficient (Wildman–Crippen LogP) is 3.25. The number of hydrogen-bond donors (Lipinski definition) is 4. The molecule has 36 heavy (non-hydrogen) atoms. The number of fused-ring (bicyclic) bond motifs is 3. The molecule has 2 aromatic heterocycles. The van der Waals surface area contributed by atoms with Gasteiger partial charge < -0.3 is 20.7 Å². The Morgan fingerprint density at radius 3 is 2.86 bits per heavy atom. The number of hydrogen-bond acceptors (Lipinski definition) is 4. The van der Waals surface area contributed by atoms with E-state index in [0.29, 0.717) is 42.3 Å². The molecule has 0 spiro atoms. The van der Waals surface area contributed by atoms with Crippen molar-refractivity contribution in [1.82, 2.24) is 14.8 Å². The molecule has 5 N–H and O–H groups in total. The first-order chi connectivity index (χ1) is 17.5. The number of aromatic amines is 1. The zero-order chi connectivity index (χ0) is 24.6. The molecule has 2 aliphatic rings. The first-order valence-electron chi connectivity index (χ1n) is 13.0. The highest BCUT2D eigenvalue weighted by atomic mass is 16.3. The number of aromatic hydroxyl groups is 1. The Labute approximate surface area is 210 Å². The minimum absolute atomic E-state index is 0.0351. The van der Waals surface area contributed by atoms with Crippen molar-refractivity contribution in [3.05, 3.63) is 88.6 Å². The van der Waals surface area contributed by atoms with Gasteiger partial charge in [0, 0.05) is 54.7 Å². The second-order valence-electron chi connectivity index (χ2n) is 10.8. The first-order valence-corrected chi connectivity index (χ1v) is 13.0. The largest absolute Gasteiger partial charge is 0.508 e. The fourth-order valence-electron chi connectivity index (χ4n) is 6.51. The van der Waals surface area contributed by atoms with Crippen LogP contribution in [0.4, 0.5) is 5.69 Å². The number of benzene rings is 2. The van der Waals surface area contributed by atoms with E-state index in [2.05, 4.69) is 39.9 Å². The Balaban J connectivity index is 1.07. The zero-order valence-electron chi connectivity index (χ0n) is 20.6. The van der Waals surface area contributed by atoms with Crippen LogP contribution in [0.3, 0.4) is 0 Å². The number of H-pyrrole nitrogens is 1. The van der Waals surface area contributed by atoms with E-state index in [-0.39, 0.29) is 5.56 Å². The number of nitrogens with two attached hydrogens (primary N) is 1. The molecule has 186 valence electrons. The lowest BCUT2D eigenvalue weighted by molar-refractivity contribution is -0.713. The van der Waals surface area contributed by atoms with E-state index in [1.165, 1.54) is 24.8 Å². The third kappa shape index (κ3) is 4.75. The molecule has 7 nitrogen and oxygen atoms in total. The number of phenolic OH excluding ortho intramolecular Hbond substituents is 1. The minimum Gasteiger partial charge on any atom is -0.508 e. The molecule has 2 aliphatic heterocycles. The predicted molar refractivity (Wildman–Crippen MR) is 141 cm³/mol. The quantitative estimate of drug-likeness (QED) is 0.324. The van der Waals surface area contributed by atoms with Crippen LogP contribution < -0.4 is 16.2 Å². The van der Waals surface area contributed by atoms with Gasteiger partial charge in [0.2, 0.25) is 0 Å². The number of aromatic nitrogens is 3. The molecule has 2 saturated heterocycles. The van der Waals surface area contributed by atoms with E-state index in [4.69, 9.17) is 0 Å². The molecule has 0 saturated carbocycles. The van der Waals surface area contributed by atoms with Gasteiger partial charge >= 0.3 is 0 Å². The summed E-state index contributed by atoms with van der Waals surface area (Å²) in [6, 6.07) is 17.1. The third-order valence-electron chi connectivity index (χ3n) is 8.19. The lowest BCUT2D eigenvalue weighted by atomic mass is 9.83. The number of anilines is 1. The Kier molecular flexibility index (Phi) is 6.01. The number of quaternary nitrogens is 1. The van der Waals surface area contributed by atoms with Gasteiger partial charge in [-0.15, -0.1) is 0 Å². The summed E-state index contributed by atoms with van der Waals surface area (Å²) in [5.41, 5.74) is 3.49. The minimum atomic E-state index is -0.0351. The number of rotatable bonds is 7. The molecule has 4 heterocycles. The Morgan fingerprint density at radius 2 is 2.00 bits per heavy atom. The van der Waals surface area contributed by atoms with Crippen LogP contribution in [0.1, 0.15) is 37.3 Å². The van der Waals surface area contributed by atoms with E-state index in [1.54, 1.807) is 18.3 Å². The normalized spacial score (nSPS) is 24.1. The van der Waals surface area contributed by atoms with Crippen LogP contribution >= 0.6 is 0 Å². The van der Waals surface area contributed by atoms with Gasteiger partial charge in [-0.1, -0.05) is 19.1 Å². The Hall–Kier alpha value is -3.58. The fourth-order valence-corrected chi connectivity index (χ4v) is 6.51. The van der Waals surface area contributed by atoms with Crippen LogP contribution in [-0.4, -0.2) is 38.0 Å². The Morgan fingerprint density at radius 1 is 1.14 bits per heavy atom. The third-order valence-corrected chi connectivity index (χ3v) is 8.19. The van der Waals surface area contributed by atoms with Crippen molar-refractivity contribution in [2.24, 2.45) is 11.8 Å². The number of phenols is 1. The lowest BCUT2D eigenvalue weighted by Crippen LogP contribution is -2.94. The maximum Gasteiger partial charge on any atom is 0.255 e. The summed E-state index contributed by atoms with van der Waals surface area (Å²) in [5, 5.41) is 22.2. The number of nitrogens with one attached hydrogen (secondary N) is 2. The van der Waals surface area contributed by atoms with Crippen molar-refractivity contribution >= 4 is 16.5 Å². The Bertz CT molecular complexity index is 1410. The average Bonchev–Trinajstić information content (AvgIpc) is 3.43. The summed E-state index contributed by atoms with van der Waals surface area (Å²) in [5.74, 6) is 1.60. The summed E-state index contributed by atoms with van der Waals surface area (Å²) < 4.78 is 1.99. The van der Waals surface area contributed by atoms with Crippen LogP contribution in [0.2, 0.25) is 0 Å². The van der Waals surface area contributed by atoms with Crippen LogP contribution in [0.5, 0.6) is 5.75 Å². The first kappa shape index (κ1) is 22.9. The van der Waals surface area contributed by atoms with Crippen molar-refractivity contribution < 1.29 is 10.4 Å². The highest BCUT2D eigenvalue weighted by Crippen LogP contribution is 2.34. The summed E-state index contributed by atoms with van der Waals surface area (Å²) in [6.45, 7) is 3.12. The van der Waals surface area contributed by atoms with E-state index < -0.39 is 0 Å². The van der Waals surface area contributed by atoms with Gasteiger partial charge in [0.1, 0.15) is 5.75 Å². The van der Waals surface area contributed by atoms with Crippen molar-refractivity contribution in [1.29, 1.82) is 0 Å². The van der Waals surface area contributed by atoms with E-state index in [0.717, 1.165) is 28.4 Å². The van der Waals surface area contributed by atoms with Crippen LogP contribution in [0.15, 0.2) is 71.9 Å². The smallest absolute Gasteiger partial charge is 0.255 e. The van der Waals surface area contributed by atoms with Gasteiger partial charge in [-0.3, -0.25) is 9.48 Å². The van der Waals surface area contributed by atoms with Gasteiger partial charge in [0.05, 0.1) is 24.8 Å². The molecule has 2 bridgehead atoms. The molecule has 5 atom stereocenters. The lowest BCUT2D eigenvalue weighted by Gasteiger charge is -2.30. The number of pyridine rings is 1. The number of nitrogens with zero attached hydrogens (tertiary/aromatic N) is 2. The van der Waals surface area contributed by atoms with Crippen molar-refractivity contribution in [2.45, 2.75) is 57.3 Å². The summed E-state index contributed by atoms with van der Waals surface area (Å²) >= 11 is 0. The van der Waals surface area contributed by atoms with Gasteiger partial charge in [-0.25, -0.2) is 0 Å². The second-order valence-corrected chi connectivity index (χ2v) is 10.8. The molecule has 2 fully saturated rings. The maximum atomic E-state index is 12.0. The molecule has 7 heteroatoms. The summed E-state index contributed by atoms with van der Waals surface area (Å²) in [6.07, 6.45) is 10.6. The van der Waals surface area contributed by atoms with Gasteiger partial charge in [-0.2, -0.15) is 5.10 Å². The summed E-state index contributed by atoms with van der Waals surface area (Å²) in [4.78, 5) is 14.8. The summed E-state index contributed by atoms with van der Waals surface area (Å²) in [7, 11) is 0. The van der Waals surface area contributed by atoms with Gasteiger partial charge in [0.15, 0.2) is 0 Å². The van der Waals surface area contributed by atoms with Crippen LogP contribution in [0, 0.1) is 11.8 Å². The van der Waals surface area contributed by atoms with E-state index >= 15 is 0 Å². The van der Waals surface area contributed by atoms with E-state index in [1.807, 2.05) is 41.2 Å². The topological polar surface area (TPSA) is 99.5 Å². The standard InChI is InChI=1S/C29H33N5O2/c1-18(10-20-15-31-34(17-20)16-19-2-5-25(35)6-3-19)27-13-23-12-24(14-28(27)33-23)32-22-4-7-26-21(11-22)8-9-30-29(26)36/h2-9,11,15,17-18,23-24,27-28,32-33,35H,10,12-14,16H2,1H3,(H,30,36)/p+1/t18?,23-,24+,27?,28?/m0/s1. The second kappa shape index (κ2) is 9.47. The van der Waals surface area contributed by atoms with Gasteiger partial charge in [0.25, 0.3) is 5.56 Å². The maximum absolute atomic E-state index is 12.0. The molecule has 0 radical (unpaired) electrons. The molecule has 0 aliphatic carbocycles. The SMILES string of the molecule is CC(Cc1cnn(Cc2ccc(O)cc2)c1)C1C[C@@H]2C[C@@H](Nc3ccc4c(=O)[nH]ccc4c3)CC1[NH2+]2. The molecular weight excluding hydrogens is 450 g/mol. The van der Waals surface area contributed by atoms with Crippen molar-refractivity contribution in [3.63, 3.8) is 0 Å². The highest BCUT2D eigenvalue weighted by Gasteiger charge is 2.46. The van der Waals surface area contributed by atoms with Gasteiger partial charge in [-0.05, 0) is 65.3 Å². The molecule has 4 aromatic rings. The average molecular weight is 485 g/mol. The van der Waals surface area contributed by atoms with Crippen molar-refractivity contribution in [2.75, 3.05) is 5.32 Å². The van der Waals surface area contributed by atoms with Crippen molar-refractivity contribution in [3.8, 4) is 5.75 Å². The molecule has 0 amide bonds. The van der Waals surface area contributed by atoms with E-state index in [9.17, 15) is 9.90 Å². The fraction of sp³-hybridized carbons (Fsp3) is 0.379.